The van der Waals surface area contributed by atoms with Crippen molar-refractivity contribution >= 4 is 41.0 Å². The van der Waals surface area contributed by atoms with Gasteiger partial charge >= 0.3 is 11.9 Å². The second-order valence-corrected chi connectivity index (χ2v) is 16.1. The van der Waals surface area contributed by atoms with E-state index in [1.807, 2.05) is 6.92 Å². The summed E-state index contributed by atoms with van der Waals surface area (Å²) in [5, 5.41) is 60.1. The highest BCUT2D eigenvalue weighted by molar-refractivity contribution is 6.26. The lowest BCUT2D eigenvalue weighted by Crippen LogP contribution is -2.69. The number of aliphatic hydroxyl groups excluding tert-OH is 1. The van der Waals surface area contributed by atoms with Crippen LogP contribution in [0.4, 0.5) is 0 Å². The van der Waals surface area contributed by atoms with E-state index in [9.17, 15) is 34.2 Å². The highest BCUT2D eigenvalue weighted by atomic mass is 35.5. The molecule has 3 unspecified atom stereocenters. The third-order valence-electron chi connectivity index (χ3n) is 12.2. The van der Waals surface area contributed by atoms with Gasteiger partial charge in [0.15, 0.2) is 12.4 Å². The fourth-order valence-electron chi connectivity index (χ4n) is 9.42. The van der Waals surface area contributed by atoms with E-state index >= 15 is 0 Å². The van der Waals surface area contributed by atoms with Crippen LogP contribution in [0.2, 0.25) is 0 Å². The van der Waals surface area contributed by atoms with E-state index in [1.54, 1.807) is 26.0 Å². The Kier molecular flexibility index (Phi) is 15.1. The molecule has 4 aliphatic rings. The molecule has 0 heterocycles. The molecule has 310 valence electrons. The Labute approximate surface area is 323 Å². The molecule has 1 amide bonds. The topological polar surface area (TPSA) is 262 Å². The molecule has 3 saturated carbocycles. The molecule has 7 N–H and O–H groups in total. The Hall–Kier alpha value is -2.88. The molecule has 0 spiro atoms. The van der Waals surface area contributed by atoms with Crippen molar-refractivity contribution in [2.45, 2.75) is 114 Å². The lowest BCUT2D eigenvalue weighted by atomic mass is 9.45. The number of rotatable bonds is 20. The molecule has 4 aliphatic carbocycles. The predicted octanol–water partition coefficient (Wildman–Crippen LogP) is 2.50. The van der Waals surface area contributed by atoms with Gasteiger partial charge in [0.1, 0.15) is 11.6 Å². The molecule has 0 aromatic heterocycles. The van der Waals surface area contributed by atoms with Gasteiger partial charge in [-0.15, -0.1) is 11.6 Å². The van der Waals surface area contributed by atoms with Crippen LogP contribution >= 0.6 is 11.6 Å². The molecular weight excluding hydrogens is 750 g/mol. The number of fused-ring (bicyclic) bond motifs is 5. The molecule has 3 fully saturated rings. The van der Waals surface area contributed by atoms with E-state index in [-0.39, 0.29) is 63.1 Å². The van der Waals surface area contributed by atoms with Crippen molar-refractivity contribution in [3.63, 3.8) is 0 Å². The van der Waals surface area contributed by atoms with Crippen molar-refractivity contribution in [2.24, 2.45) is 28.6 Å². The Bertz CT molecular complexity index is 1490. The lowest BCUT2D eigenvalue weighted by Gasteiger charge is -2.63. The molecule has 9 atom stereocenters. The smallest absolute Gasteiger partial charge is 0.329 e. The fraction of sp³-hybridized carbons (Fsp3) is 0.750. The molecule has 18 nitrogen and oxygen atoms in total. The van der Waals surface area contributed by atoms with E-state index in [4.69, 9.17) is 41.9 Å². The van der Waals surface area contributed by atoms with Crippen molar-refractivity contribution in [3.8, 4) is 0 Å². The van der Waals surface area contributed by atoms with E-state index in [1.165, 1.54) is 6.08 Å². The minimum atomic E-state index is -2.01. The number of amides is 1. The van der Waals surface area contributed by atoms with Gasteiger partial charge in [-0.3, -0.25) is 49.7 Å². The van der Waals surface area contributed by atoms with Gasteiger partial charge in [-0.2, -0.15) is 0 Å². The third-order valence-corrected chi connectivity index (χ3v) is 13.2. The maximum absolute atomic E-state index is 14.0. The standard InChI is InChI=1S/C36H54ClN3O15/c1-22-17-26-25-11-10-23-18-24(41)12-13-33(23,2)35(25,37)28(42)20-34(26,3)36(22,47)29(43)21-53-31(45)19-27(32(46)52-14-7-8-16-55-40(50)51)38-30(44)9-5-4-6-15-54-39(48)49/h12-13,18,22,25-28,42,47-51H,4-11,14-17,19-21H2,1-3H3,(H,38,44)/t22-,25-,26?,27?,28-,33-,34-,35?,36-/m0/s1. The Morgan fingerprint density at radius 3 is 2.25 bits per heavy atom. The van der Waals surface area contributed by atoms with Gasteiger partial charge < -0.3 is 25.0 Å². The van der Waals surface area contributed by atoms with Crippen LogP contribution in [0.15, 0.2) is 23.8 Å². The number of hydrogen-bond donors (Lipinski definition) is 7. The molecule has 4 rings (SSSR count). The number of carbonyl (C=O) groups is 5. The van der Waals surface area contributed by atoms with Crippen LogP contribution in [-0.2, 0) is 43.1 Å². The van der Waals surface area contributed by atoms with Gasteiger partial charge in [0.25, 0.3) is 0 Å². The average Bonchev–Trinajstić information content (AvgIpc) is 3.31. The number of halogens is 1. The molecule has 0 bridgehead atoms. The highest BCUT2D eigenvalue weighted by Crippen LogP contribution is 2.71. The Balaban J connectivity index is 1.40. The maximum Gasteiger partial charge on any atom is 0.329 e. The molecule has 0 saturated heterocycles. The summed E-state index contributed by atoms with van der Waals surface area (Å²) >= 11 is 7.47. The number of ketones is 2. The number of aliphatic hydroxyl groups is 2. The first kappa shape index (κ1) is 44.8. The van der Waals surface area contributed by atoms with Crippen molar-refractivity contribution in [1.82, 2.24) is 16.1 Å². The summed E-state index contributed by atoms with van der Waals surface area (Å²) < 4.78 is 10.5. The zero-order valence-corrected chi connectivity index (χ0v) is 32.1. The molecule has 55 heavy (non-hydrogen) atoms. The number of carbonyl (C=O) groups excluding carboxylic acids is 5. The Morgan fingerprint density at radius 1 is 0.964 bits per heavy atom. The van der Waals surface area contributed by atoms with Gasteiger partial charge in [0.2, 0.25) is 11.7 Å². The van der Waals surface area contributed by atoms with Crippen molar-refractivity contribution < 1.29 is 74.2 Å². The largest absolute Gasteiger partial charge is 0.464 e. The zero-order valence-electron chi connectivity index (χ0n) is 31.4. The molecule has 0 radical (unpaired) electrons. The molecular formula is C36H54ClN3O15. The summed E-state index contributed by atoms with van der Waals surface area (Å²) in [5.41, 5.74) is -3.14. The van der Waals surface area contributed by atoms with Crippen LogP contribution < -0.4 is 5.32 Å². The second kappa shape index (κ2) is 18.6. The van der Waals surface area contributed by atoms with Crippen molar-refractivity contribution in [2.75, 3.05) is 26.4 Å². The Morgan fingerprint density at radius 2 is 1.60 bits per heavy atom. The molecule has 0 aliphatic heterocycles. The van der Waals surface area contributed by atoms with Crippen LogP contribution in [0.3, 0.4) is 0 Å². The normalized spacial score (nSPS) is 33.0. The molecule has 19 heteroatoms. The third kappa shape index (κ3) is 9.47. The molecule has 0 aromatic rings. The molecule has 0 aromatic carbocycles. The first-order valence-corrected chi connectivity index (χ1v) is 19.0. The first-order chi connectivity index (χ1) is 25.8. The maximum atomic E-state index is 14.0. The van der Waals surface area contributed by atoms with Gasteiger partial charge in [0.05, 0.1) is 48.0 Å². The lowest BCUT2D eigenvalue weighted by molar-refractivity contribution is -0.492. The number of Topliss-reactive ketones (excluding diaryl/α,β-unsaturated/α-hetero) is 1. The minimum absolute atomic E-state index is 0.0190. The number of allylic oxidation sites excluding steroid dienone is 4. The van der Waals surface area contributed by atoms with Crippen LogP contribution in [0.1, 0.15) is 91.4 Å². The fourth-order valence-corrected chi connectivity index (χ4v) is 9.94. The minimum Gasteiger partial charge on any atom is -0.464 e. The zero-order chi connectivity index (χ0) is 40.8. The quantitative estimate of drug-likeness (QED) is 0.0404. The van der Waals surface area contributed by atoms with E-state index in [0.29, 0.717) is 38.5 Å². The van der Waals surface area contributed by atoms with Crippen LogP contribution in [0.5, 0.6) is 0 Å². The number of esters is 2. The summed E-state index contributed by atoms with van der Waals surface area (Å²) in [5.74, 6) is -4.71. The number of nitrogens with one attached hydrogen (secondary N) is 1. The van der Waals surface area contributed by atoms with Crippen molar-refractivity contribution in [3.05, 3.63) is 23.8 Å². The van der Waals surface area contributed by atoms with Gasteiger partial charge in [0, 0.05) is 17.3 Å². The summed E-state index contributed by atoms with van der Waals surface area (Å²) in [7, 11) is 0. The van der Waals surface area contributed by atoms with E-state index in [2.05, 4.69) is 15.0 Å². The second-order valence-electron chi connectivity index (χ2n) is 15.4. The van der Waals surface area contributed by atoms with Gasteiger partial charge in [-0.25, -0.2) is 4.79 Å². The van der Waals surface area contributed by atoms with Gasteiger partial charge in [-0.1, -0.05) is 38.8 Å². The number of alkyl halides is 1. The van der Waals surface area contributed by atoms with Crippen molar-refractivity contribution in [1.29, 1.82) is 0 Å². The summed E-state index contributed by atoms with van der Waals surface area (Å²) in [4.78, 5) is 72.7. The first-order valence-electron chi connectivity index (χ1n) is 18.6. The SMILES string of the molecule is C[C@H]1CC2[C@@H]3CCC4=CC(=O)C=C[C@]4(C)C3(Cl)[C@@H](O)C[C@]2(C)[C@@]1(O)C(=O)COC(=O)CC(NC(=O)CCCCCON(O)O)C(=O)OCCCCON(O)O. The number of nitrogens with zero attached hydrogens (tertiary/aromatic N) is 2. The average molecular weight is 804 g/mol. The van der Waals surface area contributed by atoms with E-state index < -0.39 is 86.8 Å². The van der Waals surface area contributed by atoms with E-state index in [0.717, 1.165) is 5.57 Å². The van der Waals surface area contributed by atoms with Gasteiger partial charge in [-0.05, 0) is 81.3 Å². The number of ether oxygens (including phenoxy) is 2. The van der Waals surface area contributed by atoms with Crippen LogP contribution in [0.25, 0.3) is 0 Å². The monoisotopic (exact) mass is 803 g/mol. The van der Waals surface area contributed by atoms with Crippen LogP contribution in [-0.4, -0.2) is 120 Å². The summed E-state index contributed by atoms with van der Waals surface area (Å²) in [6.45, 7) is 4.29. The summed E-state index contributed by atoms with van der Waals surface area (Å²) in [6.07, 6.45) is 6.06. The highest BCUT2D eigenvalue weighted by Gasteiger charge is 2.74. The summed E-state index contributed by atoms with van der Waals surface area (Å²) in [6, 6.07) is -1.49. The predicted molar refractivity (Wildman–Crippen MR) is 186 cm³/mol. The number of unbranched alkanes of at least 4 members (excludes halogenated alkanes) is 3. The van der Waals surface area contributed by atoms with Crippen LogP contribution in [0, 0.1) is 28.6 Å². The number of hydrogen-bond acceptors (Lipinski definition) is 17.